The van der Waals surface area contributed by atoms with E-state index >= 15 is 0 Å². The average Bonchev–Trinajstić information content (AvgIpc) is 3.22. The Bertz CT molecular complexity index is 1200. The van der Waals surface area contributed by atoms with Crippen molar-refractivity contribution in [2.75, 3.05) is 32.3 Å². The lowest BCUT2D eigenvalue weighted by atomic mass is 9.89. The molecule has 2 heterocycles. The molecule has 1 aliphatic heterocycles. The third-order valence-corrected chi connectivity index (χ3v) is 6.06. The lowest BCUT2D eigenvalue weighted by Crippen LogP contribution is -2.50. The summed E-state index contributed by atoms with van der Waals surface area (Å²) in [6, 6.07) is 9.99. The Morgan fingerprint density at radius 2 is 1.79 bits per heavy atom. The number of hydrogen-bond acceptors (Lipinski definition) is 7. The number of methoxy groups -OCH3 is 2. The van der Waals surface area contributed by atoms with Crippen molar-refractivity contribution in [1.29, 1.82) is 0 Å². The Morgan fingerprint density at radius 3 is 2.41 bits per heavy atom. The SMILES string of the molecule is CCCCN1C(=O)[C@@H](C(=O)OCC)[C@H](c2cc(OC)c(O)c(OC)c2)n2c1nc1ccccc12. The van der Waals surface area contributed by atoms with Gasteiger partial charge >= 0.3 is 5.97 Å². The maximum Gasteiger partial charge on any atom is 0.321 e. The Kier molecular flexibility index (Phi) is 6.63. The lowest BCUT2D eigenvalue weighted by Gasteiger charge is -2.38. The molecule has 0 radical (unpaired) electrons. The van der Waals surface area contributed by atoms with Gasteiger partial charge in [-0.15, -0.1) is 0 Å². The van der Waals surface area contributed by atoms with Gasteiger partial charge in [-0.2, -0.15) is 0 Å². The minimum Gasteiger partial charge on any atom is -0.502 e. The van der Waals surface area contributed by atoms with E-state index < -0.39 is 17.9 Å². The average molecular weight is 468 g/mol. The number of imidazole rings is 1. The molecule has 9 nitrogen and oxygen atoms in total. The number of phenols is 1. The van der Waals surface area contributed by atoms with Crippen LogP contribution in [0, 0.1) is 5.92 Å². The molecule has 3 aromatic rings. The number of phenolic OH excluding ortho intramolecular Hbond substituents is 1. The zero-order valence-corrected chi connectivity index (χ0v) is 19.8. The van der Waals surface area contributed by atoms with E-state index in [2.05, 4.69) is 0 Å². The number of benzene rings is 2. The number of hydrogen-bond donors (Lipinski definition) is 1. The van der Waals surface area contributed by atoms with Gasteiger partial charge in [0.05, 0.1) is 37.9 Å². The summed E-state index contributed by atoms with van der Waals surface area (Å²) in [6.45, 7) is 4.32. The zero-order valence-electron chi connectivity index (χ0n) is 19.8. The molecule has 0 saturated heterocycles. The quantitative estimate of drug-likeness (QED) is 0.398. The summed E-state index contributed by atoms with van der Waals surface area (Å²) in [5.74, 6) is -1.49. The van der Waals surface area contributed by atoms with E-state index in [1.54, 1.807) is 24.0 Å². The Morgan fingerprint density at radius 1 is 1.12 bits per heavy atom. The van der Waals surface area contributed by atoms with E-state index in [-0.39, 0.29) is 29.8 Å². The van der Waals surface area contributed by atoms with Crippen molar-refractivity contribution in [3.8, 4) is 17.2 Å². The van der Waals surface area contributed by atoms with Crippen LogP contribution in [0.3, 0.4) is 0 Å². The Hall–Kier alpha value is -3.75. The topological polar surface area (TPSA) is 103 Å². The number of carbonyl (C=O) groups excluding carboxylic acids is 2. The number of anilines is 1. The maximum atomic E-state index is 13.8. The fourth-order valence-electron chi connectivity index (χ4n) is 4.46. The van der Waals surface area contributed by atoms with Gasteiger partial charge in [0.25, 0.3) is 0 Å². The molecule has 1 amide bonds. The summed E-state index contributed by atoms with van der Waals surface area (Å²) in [5, 5.41) is 10.5. The highest BCUT2D eigenvalue weighted by atomic mass is 16.5. The highest BCUT2D eigenvalue weighted by Crippen LogP contribution is 2.46. The summed E-state index contributed by atoms with van der Waals surface area (Å²) in [4.78, 5) is 33.4. The van der Waals surface area contributed by atoms with E-state index in [0.717, 1.165) is 18.4 Å². The summed E-state index contributed by atoms with van der Waals surface area (Å²) < 4.78 is 18.0. The second kappa shape index (κ2) is 9.62. The molecule has 2 atom stereocenters. The van der Waals surface area contributed by atoms with Gasteiger partial charge < -0.3 is 23.9 Å². The first kappa shape index (κ1) is 23.4. The van der Waals surface area contributed by atoms with Gasteiger partial charge in [0, 0.05) is 6.54 Å². The summed E-state index contributed by atoms with van der Waals surface area (Å²) >= 11 is 0. The number of unbranched alkanes of at least 4 members (excludes halogenated alkanes) is 1. The normalized spacial score (nSPS) is 17.5. The van der Waals surface area contributed by atoms with Crippen LogP contribution in [0.15, 0.2) is 36.4 Å². The van der Waals surface area contributed by atoms with E-state index in [9.17, 15) is 14.7 Å². The summed E-state index contributed by atoms with van der Waals surface area (Å²) in [5.41, 5.74) is 2.04. The number of aromatic nitrogens is 2. The van der Waals surface area contributed by atoms with Gasteiger partial charge in [0.15, 0.2) is 17.4 Å². The number of carbonyl (C=O) groups is 2. The lowest BCUT2D eigenvalue weighted by molar-refractivity contribution is -0.153. The van der Waals surface area contributed by atoms with Gasteiger partial charge in [-0.3, -0.25) is 14.5 Å². The van der Waals surface area contributed by atoms with Crippen molar-refractivity contribution in [3.05, 3.63) is 42.0 Å². The van der Waals surface area contributed by atoms with Gasteiger partial charge in [-0.05, 0) is 43.2 Å². The number of rotatable bonds is 8. The molecule has 0 bridgehead atoms. The first-order valence-corrected chi connectivity index (χ1v) is 11.4. The predicted octanol–water partition coefficient (Wildman–Crippen LogP) is 3.67. The van der Waals surface area contributed by atoms with Crippen LogP contribution < -0.4 is 14.4 Å². The molecule has 1 aromatic heterocycles. The first-order chi connectivity index (χ1) is 16.5. The highest BCUT2D eigenvalue weighted by molar-refractivity contribution is 6.08. The van der Waals surface area contributed by atoms with E-state index in [0.29, 0.717) is 23.6 Å². The monoisotopic (exact) mass is 467 g/mol. The molecule has 0 spiro atoms. The number of nitrogens with zero attached hydrogens (tertiary/aromatic N) is 3. The number of ether oxygens (including phenoxy) is 3. The molecule has 2 aromatic carbocycles. The minimum absolute atomic E-state index is 0.143. The third kappa shape index (κ3) is 3.81. The largest absolute Gasteiger partial charge is 0.502 e. The van der Waals surface area contributed by atoms with Crippen molar-refractivity contribution in [1.82, 2.24) is 9.55 Å². The number of fused-ring (bicyclic) bond motifs is 3. The predicted molar refractivity (Wildman–Crippen MR) is 126 cm³/mol. The molecule has 34 heavy (non-hydrogen) atoms. The first-order valence-electron chi connectivity index (χ1n) is 11.4. The molecular weight excluding hydrogens is 438 g/mol. The van der Waals surface area contributed by atoms with E-state index in [1.165, 1.54) is 14.2 Å². The van der Waals surface area contributed by atoms with Crippen LogP contribution >= 0.6 is 0 Å². The Balaban J connectivity index is 2.03. The van der Waals surface area contributed by atoms with Crippen LogP contribution in [0.1, 0.15) is 38.3 Å². The standard InChI is InChI=1S/C25H29N3O6/c1-5-7-12-27-23(30)20(24(31)34-6-2)21(15-13-18(32-3)22(29)19(14-15)33-4)28-17-11-9-8-10-16(17)26-25(27)28/h8-11,13-14,20-21,29H,5-7,12H2,1-4H3/t20-,21-/m0/s1. The molecule has 1 aliphatic rings. The molecule has 0 fully saturated rings. The maximum absolute atomic E-state index is 13.8. The van der Waals surface area contributed by atoms with Gasteiger partial charge in [-0.1, -0.05) is 25.5 Å². The van der Waals surface area contributed by atoms with Crippen molar-refractivity contribution in [2.24, 2.45) is 5.92 Å². The van der Waals surface area contributed by atoms with Crippen LogP contribution in [0.5, 0.6) is 17.2 Å². The summed E-state index contributed by atoms with van der Waals surface area (Å²) in [7, 11) is 2.86. The highest BCUT2D eigenvalue weighted by Gasteiger charge is 2.48. The summed E-state index contributed by atoms with van der Waals surface area (Å²) in [6.07, 6.45) is 1.64. The number of aromatic hydroxyl groups is 1. The molecule has 9 heteroatoms. The van der Waals surface area contributed by atoms with Crippen molar-refractivity contribution < 1.29 is 28.9 Å². The zero-order chi connectivity index (χ0) is 24.4. The molecule has 4 rings (SSSR count). The fraction of sp³-hybridized carbons (Fsp3) is 0.400. The van der Waals surface area contributed by atoms with Crippen LogP contribution in [-0.4, -0.2) is 53.9 Å². The molecule has 0 aliphatic carbocycles. The second-order valence-corrected chi connectivity index (χ2v) is 8.06. The van der Waals surface area contributed by atoms with Crippen molar-refractivity contribution >= 4 is 28.9 Å². The number of esters is 1. The van der Waals surface area contributed by atoms with Gasteiger partial charge in [0.1, 0.15) is 0 Å². The van der Waals surface area contributed by atoms with Gasteiger partial charge in [-0.25, -0.2) is 4.98 Å². The number of para-hydroxylation sites is 2. The van der Waals surface area contributed by atoms with Crippen LogP contribution in [0.4, 0.5) is 5.95 Å². The smallest absolute Gasteiger partial charge is 0.321 e. The third-order valence-electron chi connectivity index (χ3n) is 6.06. The van der Waals surface area contributed by atoms with Crippen molar-refractivity contribution in [3.63, 3.8) is 0 Å². The minimum atomic E-state index is -1.15. The van der Waals surface area contributed by atoms with Crippen LogP contribution in [0.25, 0.3) is 11.0 Å². The molecule has 0 unspecified atom stereocenters. The Labute approximate surface area is 197 Å². The molecule has 180 valence electrons. The second-order valence-electron chi connectivity index (χ2n) is 8.06. The molecule has 0 saturated carbocycles. The number of amides is 1. The van der Waals surface area contributed by atoms with Crippen LogP contribution in [0.2, 0.25) is 0 Å². The van der Waals surface area contributed by atoms with E-state index in [4.69, 9.17) is 19.2 Å². The van der Waals surface area contributed by atoms with Crippen LogP contribution in [-0.2, 0) is 14.3 Å². The fourth-order valence-corrected chi connectivity index (χ4v) is 4.46. The van der Waals surface area contributed by atoms with Gasteiger partial charge in [0.2, 0.25) is 17.6 Å². The van der Waals surface area contributed by atoms with Crippen molar-refractivity contribution in [2.45, 2.75) is 32.7 Å². The molecular formula is C25H29N3O6. The van der Waals surface area contributed by atoms with E-state index in [1.807, 2.05) is 35.8 Å². The molecule has 1 N–H and O–H groups in total.